The number of hydrogen-bond acceptors (Lipinski definition) is 4. The normalized spacial score (nSPS) is 13.1. The largest absolute Gasteiger partial charge is 0.399 e. The van der Waals surface area contributed by atoms with E-state index in [-0.39, 0.29) is 19.3 Å². The Morgan fingerprint density at radius 1 is 1.39 bits per heavy atom. The van der Waals surface area contributed by atoms with Gasteiger partial charge in [-0.2, -0.15) is 0 Å². The van der Waals surface area contributed by atoms with Crippen LogP contribution in [0.2, 0.25) is 0 Å². The molecule has 0 saturated heterocycles. The highest BCUT2D eigenvalue weighted by atomic mass is 16.3. The fraction of sp³-hybridized carbons (Fsp3) is 0.462. The highest BCUT2D eigenvalue weighted by Crippen LogP contribution is 2.25. The van der Waals surface area contributed by atoms with Crippen molar-refractivity contribution in [3.05, 3.63) is 24.0 Å². The molecule has 4 N–H and O–H groups in total. The third-order valence-electron chi connectivity index (χ3n) is 3.15. The van der Waals surface area contributed by atoms with Crippen molar-refractivity contribution >= 4 is 16.7 Å². The maximum Gasteiger partial charge on any atom is 0.135 e. The molecule has 1 heterocycles. The maximum absolute atomic E-state index is 9.40. The van der Waals surface area contributed by atoms with E-state index < -0.39 is 0 Å². The predicted molar refractivity (Wildman–Crippen MR) is 71.1 cm³/mol. The Morgan fingerprint density at radius 3 is 2.83 bits per heavy atom. The second-order valence-electron chi connectivity index (χ2n) is 4.52. The van der Waals surface area contributed by atoms with Crippen LogP contribution in [0.5, 0.6) is 0 Å². The van der Waals surface area contributed by atoms with Crippen molar-refractivity contribution in [3.8, 4) is 0 Å². The third kappa shape index (κ3) is 2.32. The molecule has 0 aliphatic carbocycles. The van der Waals surface area contributed by atoms with Gasteiger partial charge in [-0.25, -0.2) is 4.98 Å². The SMILES string of the molecule is CC(CCCO)n1c(CO)nc2cc(N)ccc21. The zero-order chi connectivity index (χ0) is 13.1. The van der Waals surface area contributed by atoms with Gasteiger partial charge in [-0.15, -0.1) is 0 Å². The molecule has 2 aromatic rings. The number of benzene rings is 1. The smallest absolute Gasteiger partial charge is 0.135 e. The molecule has 0 aliphatic rings. The van der Waals surface area contributed by atoms with Crippen LogP contribution in [0.3, 0.4) is 0 Å². The van der Waals surface area contributed by atoms with E-state index in [1.165, 1.54) is 0 Å². The minimum Gasteiger partial charge on any atom is -0.399 e. The minimum atomic E-state index is -0.0992. The molecule has 2 rings (SSSR count). The Bertz CT molecular complexity index is 536. The van der Waals surface area contributed by atoms with E-state index in [9.17, 15) is 5.11 Å². The standard InChI is InChI=1S/C13H19N3O2/c1-9(3-2-6-17)16-12-5-4-10(14)7-11(12)15-13(16)8-18/h4-5,7,9,17-18H,2-3,6,8,14H2,1H3. The average Bonchev–Trinajstić information content (AvgIpc) is 2.73. The van der Waals surface area contributed by atoms with Gasteiger partial charge >= 0.3 is 0 Å². The summed E-state index contributed by atoms with van der Waals surface area (Å²) in [6, 6.07) is 5.75. The fourth-order valence-electron chi connectivity index (χ4n) is 2.28. The van der Waals surface area contributed by atoms with E-state index in [0.29, 0.717) is 11.5 Å². The van der Waals surface area contributed by atoms with Gasteiger partial charge in [0.1, 0.15) is 12.4 Å². The number of imidazole rings is 1. The van der Waals surface area contributed by atoms with Gasteiger partial charge in [0.15, 0.2) is 0 Å². The van der Waals surface area contributed by atoms with E-state index in [1.54, 1.807) is 0 Å². The van der Waals surface area contributed by atoms with Gasteiger partial charge in [-0.1, -0.05) is 0 Å². The molecular formula is C13H19N3O2. The summed E-state index contributed by atoms with van der Waals surface area (Å²) in [5.41, 5.74) is 8.17. The van der Waals surface area contributed by atoms with E-state index in [0.717, 1.165) is 23.9 Å². The molecular weight excluding hydrogens is 230 g/mol. The van der Waals surface area contributed by atoms with Crippen LogP contribution < -0.4 is 5.73 Å². The van der Waals surface area contributed by atoms with Crippen LogP contribution in [0.4, 0.5) is 5.69 Å². The lowest BCUT2D eigenvalue weighted by molar-refractivity contribution is 0.253. The number of hydrogen-bond donors (Lipinski definition) is 3. The lowest BCUT2D eigenvalue weighted by atomic mass is 10.1. The van der Waals surface area contributed by atoms with E-state index in [4.69, 9.17) is 10.8 Å². The Labute approximate surface area is 106 Å². The number of aliphatic hydroxyl groups is 2. The zero-order valence-corrected chi connectivity index (χ0v) is 10.5. The molecule has 0 saturated carbocycles. The topological polar surface area (TPSA) is 84.3 Å². The Kier molecular flexibility index (Phi) is 3.84. The van der Waals surface area contributed by atoms with Crippen LogP contribution in [-0.4, -0.2) is 26.4 Å². The number of aliphatic hydroxyl groups excluding tert-OH is 2. The molecule has 0 radical (unpaired) electrons. The van der Waals surface area contributed by atoms with Gasteiger partial charge in [0.25, 0.3) is 0 Å². The Hall–Kier alpha value is -1.59. The van der Waals surface area contributed by atoms with Crippen LogP contribution >= 0.6 is 0 Å². The quantitative estimate of drug-likeness (QED) is 0.700. The third-order valence-corrected chi connectivity index (χ3v) is 3.15. The van der Waals surface area contributed by atoms with Gasteiger partial charge in [0, 0.05) is 18.3 Å². The van der Waals surface area contributed by atoms with Crippen molar-refractivity contribution in [3.63, 3.8) is 0 Å². The first-order chi connectivity index (χ1) is 8.67. The number of rotatable bonds is 5. The van der Waals surface area contributed by atoms with Gasteiger partial charge in [0.05, 0.1) is 11.0 Å². The van der Waals surface area contributed by atoms with Crippen molar-refractivity contribution in [1.29, 1.82) is 0 Å². The molecule has 0 aliphatic heterocycles. The van der Waals surface area contributed by atoms with Gasteiger partial charge in [-0.3, -0.25) is 0 Å². The monoisotopic (exact) mass is 249 g/mol. The molecule has 98 valence electrons. The summed E-state index contributed by atoms with van der Waals surface area (Å²) in [6.07, 6.45) is 1.58. The molecule has 18 heavy (non-hydrogen) atoms. The zero-order valence-electron chi connectivity index (χ0n) is 10.5. The van der Waals surface area contributed by atoms with Crippen LogP contribution in [0, 0.1) is 0 Å². The summed E-state index contributed by atoms with van der Waals surface area (Å²) in [7, 11) is 0. The number of fused-ring (bicyclic) bond motifs is 1. The summed E-state index contributed by atoms with van der Waals surface area (Å²) in [5, 5.41) is 18.3. The predicted octanol–water partition coefficient (Wildman–Crippen LogP) is 1.44. The first-order valence-electron chi connectivity index (χ1n) is 6.15. The molecule has 0 amide bonds. The van der Waals surface area contributed by atoms with Crippen LogP contribution in [-0.2, 0) is 6.61 Å². The minimum absolute atomic E-state index is 0.0992. The summed E-state index contributed by atoms with van der Waals surface area (Å²) in [5.74, 6) is 0.640. The Morgan fingerprint density at radius 2 is 2.17 bits per heavy atom. The van der Waals surface area contributed by atoms with Crippen molar-refractivity contribution < 1.29 is 10.2 Å². The molecule has 1 aromatic carbocycles. The Balaban J connectivity index is 2.46. The van der Waals surface area contributed by atoms with Gasteiger partial charge in [0.2, 0.25) is 0 Å². The number of nitrogens with zero attached hydrogens (tertiary/aromatic N) is 2. The van der Waals surface area contributed by atoms with Gasteiger partial charge < -0.3 is 20.5 Å². The average molecular weight is 249 g/mol. The van der Waals surface area contributed by atoms with Crippen molar-refractivity contribution in [1.82, 2.24) is 9.55 Å². The molecule has 1 atom stereocenters. The summed E-state index contributed by atoms with van der Waals surface area (Å²) in [6.45, 7) is 2.14. The molecule has 0 bridgehead atoms. The van der Waals surface area contributed by atoms with Crippen molar-refractivity contribution in [2.45, 2.75) is 32.4 Å². The number of anilines is 1. The molecule has 0 fully saturated rings. The van der Waals surface area contributed by atoms with E-state index in [2.05, 4.69) is 11.9 Å². The van der Waals surface area contributed by atoms with Crippen LogP contribution in [0.15, 0.2) is 18.2 Å². The highest BCUT2D eigenvalue weighted by molar-refractivity contribution is 5.79. The molecule has 5 heteroatoms. The van der Waals surface area contributed by atoms with Crippen LogP contribution in [0.1, 0.15) is 31.6 Å². The molecule has 1 aromatic heterocycles. The summed E-state index contributed by atoms with van der Waals surface area (Å²) < 4.78 is 2.02. The summed E-state index contributed by atoms with van der Waals surface area (Å²) >= 11 is 0. The number of nitrogens with two attached hydrogens (primary N) is 1. The first kappa shape index (κ1) is 12.9. The van der Waals surface area contributed by atoms with E-state index >= 15 is 0 Å². The molecule has 5 nitrogen and oxygen atoms in total. The van der Waals surface area contributed by atoms with Crippen molar-refractivity contribution in [2.24, 2.45) is 0 Å². The maximum atomic E-state index is 9.40. The lowest BCUT2D eigenvalue weighted by Crippen LogP contribution is -2.10. The number of nitrogen functional groups attached to an aromatic ring is 1. The number of aromatic nitrogens is 2. The van der Waals surface area contributed by atoms with Crippen LogP contribution in [0.25, 0.3) is 11.0 Å². The molecule has 0 spiro atoms. The molecule has 1 unspecified atom stereocenters. The fourth-order valence-corrected chi connectivity index (χ4v) is 2.28. The second kappa shape index (κ2) is 5.37. The van der Waals surface area contributed by atoms with E-state index in [1.807, 2.05) is 22.8 Å². The second-order valence-corrected chi connectivity index (χ2v) is 4.52. The first-order valence-corrected chi connectivity index (χ1v) is 6.15. The highest BCUT2D eigenvalue weighted by Gasteiger charge is 2.15. The van der Waals surface area contributed by atoms with Gasteiger partial charge in [-0.05, 0) is 38.0 Å². The van der Waals surface area contributed by atoms with Crippen molar-refractivity contribution in [2.75, 3.05) is 12.3 Å². The lowest BCUT2D eigenvalue weighted by Gasteiger charge is -2.16. The summed E-state index contributed by atoms with van der Waals surface area (Å²) in [4.78, 5) is 4.39.